The van der Waals surface area contributed by atoms with Crippen molar-refractivity contribution < 1.29 is 17.8 Å². The predicted octanol–water partition coefficient (Wildman–Crippen LogP) is 2.62. The molecule has 0 atom stereocenters. The zero-order valence-corrected chi connectivity index (χ0v) is 12.3. The molecule has 1 rings (SSSR count). The molecular formula is C13H19NO4S. The van der Waals surface area contributed by atoms with Crippen LogP contribution in [0.4, 0.5) is 5.69 Å². The zero-order valence-electron chi connectivity index (χ0n) is 11.5. The molecular weight excluding hydrogens is 266 g/mol. The van der Waals surface area contributed by atoms with Gasteiger partial charge in [0.05, 0.1) is 5.69 Å². The van der Waals surface area contributed by atoms with Gasteiger partial charge in [0.2, 0.25) is 5.91 Å². The number of amides is 1. The summed E-state index contributed by atoms with van der Waals surface area (Å²) < 4.78 is 31.8. The molecule has 1 aromatic rings. The van der Waals surface area contributed by atoms with Crippen molar-refractivity contribution in [2.45, 2.75) is 39.0 Å². The maximum Gasteiger partial charge on any atom is 0.296 e. The van der Waals surface area contributed by atoms with Gasteiger partial charge in [0.25, 0.3) is 10.1 Å². The summed E-state index contributed by atoms with van der Waals surface area (Å²) >= 11 is 0. The second-order valence-electron chi connectivity index (χ2n) is 5.17. The van der Waals surface area contributed by atoms with Gasteiger partial charge in [-0.05, 0) is 31.0 Å². The third-order valence-electron chi connectivity index (χ3n) is 3.16. The number of aryl methyl sites for hydroxylation is 1. The molecule has 19 heavy (non-hydrogen) atoms. The van der Waals surface area contributed by atoms with Crippen molar-refractivity contribution in [2.24, 2.45) is 5.41 Å². The van der Waals surface area contributed by atoms with Crippen LogP contribution in [0.2, 0.25) is 0 Å². The van der Waals surface area contributed by atoms with E-state index in [1.54, 1.807) is 26.8 Å². The normalized spacial score (nSPS) is 12.3. The number of benzene rings is 1. The van der Waals surface area contributed by atoms with Gasteiger partial charge < -0.3 is 5.32 Å². The Hall–Kier alpha value is -1.40. The van der Waals surface area contributed by atoms with Gasteiger partial charge in [0.15, 0.2) is 0 Å². The fourth-order valence-corrected chi connectivity index (χ4v) is 2.13. The van der Waals surface area contributed by atoms with E-state index < -0.39 is 15.5 Å². The fraction of sp³-hybridized carbons (Fsp3) is 0.462. The highest BCUT2D eigenvalue weighted by atomic mass is 32.2. The molecule has 0 aliphatic carbocycles. The first-order valence-corrected chi connectivity index (χ1v) is 7.41. The second kappa shape index (κ2) is 5.30. The number of nitrogens with one attached hydrogen (secondary N) is 1. The number of anilines is 1. The summed E-state index contributed by atoms with van der Waals surface area (Å²) in [5.41, 5.74) is 0.168. The first-order valence-electron chi connectivity index (χ1n) is 5.97. The SMILES string of the molecule is CCC(C)(C)C(=O)Nc1ccc(C)cc1S(=O)(=O)O. The van der Waals surface area contributed by atoms with E-state index in [9.17, 15) is 17.8 Å². The van der Waals surface area contributed by atoms with Gasteiger partial charge in [-0.1, -0.05) is 26.8 Å². The quantitative estimate of drug-likeness (QED) is 0.833. The molecule has 1 aromatic carbocycles. The van der Waals surface area contributed by atoms with Crippen LogP contribution in [0.25, 0.3) is 0 Å². The smallest absolute Gasteiger partial charge is 0.296 e. The minimum absolute atomic E-state index is 0.0969. The summed E-state index contributed by atoms with van der Waals surface area (Å²) in [6.07, 6.45) is 0.617. The lowest BCUT2D eigenvalue weighted by Gasteiger charge is -2.22. The molecule has 0 fully saturated rings. The topological polar surface area (TPSA) is 83.5 Å². The maximum absolute atomic E-state index is 12.0. The van der Waals surface area contributed by atoms with Crippen LogP contribution in [0.3, 0.4) is 0 Å². The average Bonchev–Trinajstić information content (AvgIpc) is 2.30. The van der Waals surface area contributed by atoms with Gasteiger partial charge in [0.1, 0.15) is 4.90 Å². The van der Waals surface area contributed by atoms with Crippen LogP contribution in [-0.2, 0) is 14.9 Å². The van der Waals surface area contributed by atoms with E-state index in [4.69, 9.17) is 0 Å². The molecule has 0 aliphatic heterocycles. The molecule has 0 bridgehead atoms. The molecule has 0 saturated carbocycles. The minimum Gasteiger partial charge on any atom is -0.324 e. The fourth-order valence-electron chi connectivity index (χ4n) is 1.40. The highest BCUT2D eigenvalue weighted by Crippen LogP contribution is 2.26. The van der Waals surface area contributed by atoms with Gasteiger partial charge in [-0.15, -0.1) is 0 Å². The summed E-state index contributed by atoms with van der Waals surface area (Å²) in [5, 5.41) is 2.56. The van der Waals surface area contributed by atoms with Gasteiger partial charge in [-0.25, -0.2) is 0 Å². The lowest BCUT2D eigenvalue weighted by atomic mass is 9.89. The number of carbonyl (C=O) groups excluding carboxylic acids is 1. The van der Waals surface area contributed by atoms with Crippen molar-refractivity contribution in [3.8, 4) is 0 Å². The number of carbonyl (C=O) groups is 1. The van der Waals surface area contributed by atoms with Gasteiger partial charge in [-0.2, -0.15) is 8.42 Å². The summed E-state index contributed by atoms with van der Waals surface area (Å²) in [7, 11) is -4.37. The molecule has 0 spiro atoms. The Bertz CT molecular complexity index is 591. The molecule has 0 unspecified atom stereocenters. The molecule has 0 aromatic heterocycles. The van der Waals surface area contributed by atoms with E-state index in [1.165, 1.54) is 12.1 Å². The molecule has 0 saturated heterocycles. The van der Waals surface area contributed by atoms with E-state index in [0.29, 0.717) is 12.0 Å². The van der Waals surface area contributed by atoms with Crippen LogP contribution in [0, 0.1) is 12.3 Å². The maximum atomic E-state index is 12.0. The van der Waals surface area contributed by atoms with Crippen LogP contribution in [0.15, 0.2) is 23.1 Å². The van der Waals surface area contributed by atoms with Crippen LogP contribution in [0.5, 0.6) is 0 Å². The molecule has 1 amide bonds. The Balaban J connectivity index is 3.20. The molecule has 2 N–H and O–H groups in total. The van der Waals surface area contributed by atoms with E-state index in [2.05, 4.69) is 5.32 Å². The molecule has 0 heterocycles. The number of hydrogen-bond acceptors (Lipinski definition) is 3. The Kier molecular flexibility index (Phi) is 4.37. The average molecular weight is 285 g/mol. The highest BCUT2D eigenvalue weighted by Gasteiger charge is 2.27. The Morgan fingerprint density at radius 1 is 1.37 bits per heavy atom. The summed E-state index contributed by atoms with van der Waals surface area (Å²) in [6.45, 7) is 7.11. The van der Waals surface area contributed by atoms with E-state index in [-0.39, 0.29) is 16.5 Å². The van der Waals surface area contributed by atoms with Crippen molar-refractivity contribution in [2.75, 3.05) is 5.32 Å². The molecule has 106 valence electrons. The molecule has 5 nitrogen and oxygen atoms in total. The van der Waals surface area contributed by atoms with Crippen LogP contribution >= 0.6 is 0 Å². The van der Waals surface area contributed by atoms with Crippen LogP contribution in [-0.4, -0.2) is 18.9 Å². The van der Waals surface area contributed by atoms with Crippen molar-refractivity contribution >= 4 is 21.7 Å². The number of rotatable bonds is 4. The van der Waals surface area contributed by atoms with Gasteiger partial charge in [-0.3, -0.25) is 9.35 Å². The first kappa shape index (κ1) is 15.7. The number of hydrogen-bond donors (Lipinski definition) is 2. The molecule has 0 radical (unpaired) electrons. The molecule has 0 aliphatic rings. The largest absolute Gasteiger partial charge is 0.324 e. The van der Waals surface area contributed by atoms with Crippen molar-refractivity contribution in [3.63, 3.8) is 0 Å². The van der Waals surface area contributed by atoms with Crippen molar-refractivity contribution in [3.05, 3.63) is 23.8 Å². The van der Waals surface area contributed by atoms with Gasteiger partial charge in [0, 0.05) is 5.41 Å². The summed E-state index contributed by atoms with van der Waals surface area (Å²) in [5.74, 6) is -0.288. The van der Waals surface area contributed by atoms with Gasteiger partial charge >= 0.3 is 0 Å². The Morgan fingerprint density at radius 2 is 1.95 bits per heavy atom. The third-order valence-corrected chi connectivity index (χ3v) is 4.06. The Morgan fingerprint density at radius 3 is 2.42 bits per heavy atom. The van der Waals surface area contributed by atoms with Crippen LogP contribution < -0.4 is 5.32 Å². The predicted molar refractivity (Wildman–Crippen MR) is 73.7 cm³/mol. The van der Waals surface area contributed by atoms with E-state index >= 15 is 0 Å². The minimum atomic E-state index is -4.37. The Labute approximate surface area is 113 Å². The molecule has 6 heteroatoms. The van der Waals surface area contributed by atoms with Crippen LogP contribution in [0.1, 0.15) is 32.8 Å². The lowest BCUT2D eigenvalue weighted by Crippen LogP contribution is -2.30. The van der Waals surface area contributed by atoms with E-state index in [0.717, 1.165) is 0 Å². The first-order chi connectivity index (χ1) is 8.58. The zero-order chi connectivity index (χ0) is 14.8. The second-order valence-corrected chi connectivity index (χ2v) is 6.56. The third kappa shape index (κ3) is 3.78. The monoisotopic (exact) mass is 285 g/mol. The lowest BCUT2D eigenvalue weighted by molar-refractivity contribution is -0.124. The highest BCUT2D eigenvalue weighted by molar-refractivity contribution is 7.86. The van der Waals surface area contributed by atoms with Crippen molar-refractivity contribution in [1.29, 1.82) is 0 Å². The summed E-state index contributed by atoms with van der Waals surface area (Å²) in [4.78, 5) is 11.8. The van der Waals surface area contributed by atoms with E-state index in [1.807, 2.05) is 6.92 Å². The van der Waals surface area contributed by atoms with Crippen molar-refractivity contribution in [1.82, 2.24) is 0 Å². The summed E-state index contributed by atoms with van der Waals surface area (Å²) in [6, 6.07) is 4.47. The standard InChI is InChI=1S/C13H19NO4S/c1-5-13(3,4)12(15)14-10-7-6-9(2)8-11(10)19(16,17)18/h6-8H,5H2,1-4H3,(H,14,15)(H,16,17,18).